The van der Waals surface area contributed by atoms with Gasteiger partial charge in [0.25, 0.3) is 6.43 Å². The Bertz CT molecular complexity index is 440. The van der Waals surface area contributed by atoms with E-state index in [1.165, 1.54) is 13.2 Å². The fourth-order valence-corrected chi connectivity index (χ4v) is 2.96. The number of aryl methyl sites for hydroxylation is 1. The van der Waals surface area contributed by atoms with Gasteiger partial charge in [-0.15, -0.1) is 0 Å². The number of rotatable bonds is 3. The van der Waals surface area contributed by atoms with Crippen molar-refractivity contribution >= 4 is 0 Å². The van der Waals surface area contributed by atoms with Gasteiger partial charge in [-0.05, 0) is 31.4 Å². The van der Waals surface area contributed by atoms with E-state index in [0.29, 0.717) is 0 Å². The van der Waals surface area contributed by atoms with E-state index < -0.39 is 12.0 Å². The standard InChI is InChI=1S/C14H19F2NO/c1-9-5-6-10(13(15)16)12(18-2)11(9)14(17)7-3-4-8-14/h5-6,13H,3-4,7-8,17H2,1-2H3. The summed E-state index contributed by atoms with van der Waals surface area (Å²) in [5, 5.41) is 0. The molecule has 1 saturated carbocycles. The van der Waals surface area contributed by atoms with E-state index in [-0.39, 0.29) is 11.3 Å². The van der Waals surface area contributed by atoms with Crippen LogP contribution in [0.3, 0.4) is 0 Å². The lowest BCUT2D eigenvalue weighted by molar-refractivity contribution is 0.146. The molecular formula is C14H19F2NO. The number of halogens is 2. The molecule has 0 unspecified atom stereocenters. The first kappa shape index (κ1) is 13.3. The van der Waals surface area contributed by atoms with Crippen LogP contribution in [0, 0.1) is 6.92 Å². The Morgan fingerprint density at radius 3 is 2.39 bits per heavy atom. The number of methoxy groups -OCH3 is 1. The number of nitrogens with two attached hydrogens (primary N) is 1. The van der Waals surface area contributed by atoms with Crippen molar-refractivity contribution in [3.63, 3.8) is 0 Å². The molecule has 4 heteroatoms. The Morgan fingerprint density at radius 1 is 1.28 bits per heavy atom. The number of benzene rings is 1. The zero-order valence-electron chi connectivity index (χ0n) is 10.8. The lowest BCUT2D eigenvalue weighted by Gasteiger charge is -2.29. The van der Waals surface area contributed by atoms with Crippen molar-refractivity contribution < 1.29 is 13.5 Å². The van der Waals surface area contributed by atoms with Crippen LogP contribution >= 0.6 is 0 Å². The molecule has 0 saturated heterocycles. The first-order valence-electron chi connectivity index (χ1n) is 6.24. The second kappa shape index (κ2) is 4.84. The normalized spacial score (nSPS) is 18.3. The highest BCUT2D eigenvalue weighted by Crippen LogP contribution is 2.45. The molecule has 0 aliphatic heterocycles. The summed E-state index contributed by atoms with van der Waals surface area (Å²) in [7, 11) is 1.43. The highest BCUT2D eigenvalue weighted by molar-refractivity contribution is 5.50. The second-order valence-electron chi connectivity index (χ2n) is 5.04. The van der Waals surface area contributed by atoms with Crippen LogP contribution in [0.15, 0.2) is 12.1 Å². The zero-order chi connectivity index (χ0) is 13.3. The van der Waals surface area contributed by atoms with Crippen LogP contribution in [0.25, 0.3) is 0 Å². The van der Waals surface area contributed by atoms with Crippen LogP contribution in [0.2, 0.25) is 0 Å². The SMILES string of the molecule is COc1c(C(F)F)ccc(C)c1C1(N)CCCC1. The molecule has 1 aliphatic rings. The minimum Gasteiger partial charge on any atom is -0.496 e. The molecule has 18 heavy (non-hydrogen) atoms. The molecule has 0 amide bonds. The van der Waals surface area contributed by atoms with E-state index in [1.807, 2.05) is 6.92 Å². The Balaban J connectivity index is 2.60. The molecule has 1 aliphatic carbocycles. The van der Waals surface area contributed by atoms with E-state index in [1.54, 1.807) is 6.07 Å². The van der Waals surface area contributed by atoms with Crippen LogP contribution in [-0.2, 0) is 5.54 Å². The van der Waals surface area contributed by atoms with Crippen molar-refractivity contribution in [2.24, 2.45) is 5.73 Å². The number of hydrogen-bond acceptors (Lipinski definition) is 2. The van der Waals surface area contributed by atoms with Crippen LogP contribution in [0.4, 0.5) is 8.78 Å². The molecule has 0 radical (unpaired) electrons. The third kappa shape index (κ3) is 2.09. The molecule has 0 bridgehead atoms. The van der Waals surface area contributed by atoms with Gasteiger partial charge in [0.2, 0.25) is 0 Å². The molecule has 0 aromatic heterocycles. The maximum atomic E-state index is 13.0. The van der Waals surface area contributed by atoms with Gasteiger partial charge in [-0.2, -0.15) is 0 Å². The van der Waals surface area contributed by atoms with Crippen LogP contribution in [0.1, 0.15) is 48.8 Å². The Hall–Kier alpha value is -1.16. The molecule has 2 nitrogen and oxygen atoms in total. The third-order valence-electron chi connectivity index (χ3n) is 3.83. The second-order valence-corrected chi connectivity index (χ2v) is 5.04. The molecule has 0 atom stereocenters. The summed E-state index contributed by atoms with van der Waals surface area (Å²) < 4.78 is 31.3. The van der Waals surface area contributed by atoms with Gasteiger partial charge in [0.15, 0.2) is 0 Å². The summed E-state index contributed by atoms with van der Waals surface area (Å²) >= 11 is 0. The zero-order valence-corrected chi connectivity index (χ0v) is 10.8. The van der Waals surface area contributed by atoms with E-state index in [4.69, 9.17) is 10.5 Å². The predicted molar refractivity (Wildman–Crippen MR) is 67.0 cm³/mol. The minimum absolute atomic E-state index is 0.0603. The first-order chi connectivity index (χ1) is 8.49. The molecule has 1 aromatic carbocycles. The fourth-order valence-electron chi connectivity index (χ4n) is 2.96. The molecule has 100 valence electrons. The van der Waals surface area contributed by atoms with E-state index in [9.17, 15) is 8.78 Å². The Kier molecular flexibility index (Phi) is 3.57. The van der Waals surface area contributed by atoms with Crippen LogP contribution < -0.4 is 10.5 Å². The van der Waals surface area contributed by atoms with Gasteiger partial charge in [0, 0.05) is 11.1 Å². The molecule has 2 rings (SSSR count). The lowest BCUT2D eigenvalue weighted by Crippen LogP contribution is -2.34. The summed E-state index contributed by atoms with van der Waals surface area (Å²) in [4.78, 5) is 0. The minimum atomic E-state index is -2.54. The van der Waals surface area contributed by atoms with Crippen LogP contribution in [-0.4, -0.2) is 7.11 Å². The average Bonchev–Trinajstić information content (AvgIpc) is 2.75. The third-order valence-corrected chi connectivity index (χ3v) is 3.83. The molecule has 0 spiro atoms. The predicted octanol–water partition coefficient (Wildman–Crippen LogP) is 3.67. The van der Waals surface area contributed by atoms with Crippen molar-refractivity contribution in [1.82, 2.24) is 0 Å². The molecule has 0 heterocycles. The van der Waals surface area contributed by atoms with Crippen molar-refractivity contribution in [3.05, 3.63) is 28.8 Å². The summed E-state index contributed by atoms with van der Waals surface area (Å²) in [6.07, 6.45) is 1.20. The van der Waals surface area contributed by atoms with Gasteiger partial charge in [-0.25, -0.2) is 8.78 Å². The first-order valence-corrected chi connectivity index (χ1v) is 6.24. The van der Waals surface area contributed by atoms with Gasteiger partial charge in [-0.1, -0.05) is 18.9 Å². The number of ether oxygens (including phenoxy) is 1. The number of alkyl halides is 2. The van der Waals surface area contributed by atoms with E-state index in [0.717, 1.165) is 36.8 Å². The van der Waals surface area contributed by atoms with Crippen molar-refractivity contribution in [1.29, 1.82) is 0 Å². The summed E-state index contributed by atoms with van der Waals surface area (Å²) in [5.41, 5.74) is 7.52. The Labute approximate surface area is 106 Å². The average molecular weight is 255 g/mol. The smallest absolute Gasteiger partial charge is 0.267 e. The van der Waals surface area contributed by atoms with Gasteiger partial charge >= 0.3 is 0 Å². The van der Waals surface area contributed by atoms with Crippen LogP contribution in [0.5, 0.6) is 5.75 Å². The van der Waals surface area contributed by atoms with Crippen molar-refractivity contribution in [3.8, 4) is 5.75 Å². The maximum absolute atomic E-state index is 13.0. The van der Waals surface area contributed by atoms with E-state index in [2.05, 4.69) is 0 Å². The maximum Gasteiger partial charge on any atom is 0.267 e. The summed E-state index contributed by atoms with van der Waals surface area (Å²) in [5.74, 6) is 0.273. The Morgan fingerprint density at radius 2 is 1.89 bits per heavy atom. The molecular weight excluding hydrogens is 236 g/mol. The monoisotopic (exact) mass is 255 g/mol. The topological polar surface area (TPSA) is 35.2 Å². The van der Waals surface area contributed by atoms with Gasteiger partial charge in [-0.3, -0.25) is 0 Å². The summed E-state index contributed by atoms with van der Waals surface area (Å²) in [6, 6.07) is 3.15. The number of hydrogen-bond donors (Lipinski definition) is 1. The molecule has 1 fully saturated rings. The highest BCUT2D eigenvalue weighted by atomic mass is 19.3. The van der Waals surface area contributed by atoms with Gasteiger partial charge in [0.05, 0.1) is 12.7 Å². The highest BCUT2D eigenvalue weighted by Gasteiger charge is 2.36. The van der Waals surface area contributed by atoms with Gasteiger partial charge < -0.3 is 10.5 Å². The van der Waals surface area contributed by atoms with E-state index >= 15 is 0 Å². The summed E-state index contributed by atoms with van der Waals surface area (Å²) in [6.45, 7) is 1.90. The quantitative estimate of drug-likeness (QED) is 0.894. The van der Waals surface area contributed by atoms with Crippen molar-refractivity contribution in [2.45, 2.75) is 44.6 Å². The van der Waals surface area contributed by atoms with Gasteiger partial charge in [0.1, 0.15) is 5.75 Å². The fraction of sp³-hybridized carbons (Fsp3) is 0.571. The van der Waals surface area contributed by atoms with Crippen molar-refractivity contribution in [2.75, 3.05) is 7.11 Å². The molecule has 1 aromatic rings. The molecule has 2 N–H and O–H groups in total. The lowest BCUT2D eigenvalue weighted by atomic mass is 9.84. The largest absolute Gasteiger partial charge is 0.496 e.